The molecule has 1 aromatic carbocycles. The fraction of sp³-hybridized carbons (Fsp3) is 0.167. The summed E-state index contributed by atoms with van der Waals surface area (Å²) in [6.07, 6.45) is 1.64. The van der Waals surface area contributed by atoms with Crippen LogP contribution in [0.5, 0.6) is 0 Å². The van der Waals surface area contributed by atoms with Gasteiger partial charge in [0.2, 0.25) is 0 Å². The fourth-order valence-electron chi connectivity index (χ4n) is 1.52. The molecule has 0 aliphatic heterocycles. The third kappa shape index (κ3) is 2.56. The third-order valence-electron chi connectivity index (χ3n) is 2.29. The van der Waals surface area contributed by atoms with E-state index in [1.807, 2.05) is 36.4 Å². The first-order valence-electron chi connectivity index (χ1n) is 5.05. The van der Waals surface area contributed by atoms with E-state index in [9.17, 15) is 0 Å². The molecule has 0 aliphatic rings. The molecule has 0 saturated carbocycles. The van der Waals surface area contributed by atoms with Crippen molar-refractivity contribution >= 4 is 17.3 Å². The normalized spacial score (nSPS) is 12.4. The molecule has 0 amide bonds. The molecule has 1 aromatic heterocycles. The van der Waals surface area contributed by atoms with Gasteiger partial charge in [0.15, 0.2) is 0 Å². The van der Waals surface area contributed by atoms with E-state index in [0.717, 1.165) is 11.4 Å². The van der Waals surface area contributed by atoms with Crippen molar-refractivity contribution in [2.24, 2.45) is 5.73 Å². The molecule has 0 radical (unpaired) electrons. The van der Waals surface area contributed by atoms with Crippen LogP contribution in [-0.4, -0.2) is 6.54 Å². The lowest BCUT2D eigenvalue weighted by molar-refractivity contribution is 0.482. The lowest BCUT2D eigenvalue weighted by Gasteiger charge is -2.15. The van der Waals surface area contributed by atoms with Crippen LogP contribution >= 0.6 is 11.6 Å². The fourth-order valence-corrected chi connectivity index (χ4v) is 1.71. The first-order valence-corrected chi connectivity index (χ1v) is 5.43. The van der Waals surface area contributed by atoms with Crippen molar-refractivity contribution in [2.75, 3.05) is 11.9 Å². The van der Waals surface area contributed by atoms with Gasteiger partial charge in [-0.15, -0.1) is 0 Å². The summed E-state index contributed by atoms with van der Waals surface area (Å²) in [5.74, 6) is 0.822. The molecule has 1 heterocycles. The van der Waals surface area contributed by atoms with Crippen molar-refractivity contribution in [3.63, 3.8) is 0 Å². The van der Waals surface area contributed by atoms with Crippen LogP contribution in [0.1, 0.15) is 11.8 Å². The SMILES string of the molecule is NCC(Nc1cccc(Cl)c1)c1ccco1. The van der Waals surface area contributed by atoms with Crippen molar-refractivity contribution in [2.45, 2.75) is 6.04 Å². The van der Waals surface area contributed by atoms with Gasteiger partial charge >= 0.3 is 0 Å². The maximum Gasteiger partial charge on any atom is 0.127 e. The van der Waals surface area contributed by atoms with Crippen LogP contribution in [-0.2, 0) is 0 Å². The lowest BCUT2D eigenvalue weighted by atomic mass is 10.2. The Kier molecular flexibility index (Phi) is 3.49. The van der Waals surface area contributed by atoms with Crippen molar-refractivity contribution in [3.8, 4) is 0 Å². The molecule has 3 N–H and O–H groups in total. The van der Waals surface area contributed by atoms with Crippen LogP contribution in [0.3, 0.4) is 0 Å². The number of hydrogen-bond acceptors (Lipinski definition) is 3. The minimum absolute atomic E-state index is 0.0338. The largest absolute Gasteiger partial charge is 0.467 e. The van der Waals surface area contributed by atoms with E-state index in [1.165, 1.54) is 0 Å². The molecular weight excluding hydrogens is 224 g/mol. The molecular formula is C12H13ClN2O. The standard InChI is InChI=1S/C12H13ClN2O/c13-9-3-1-4-10(7-9)15-11(8-14)12-5-2-6-16-12/h1-7,11,15H,8,14H2. The molecule has 0 spiro atoms. The highest BCUT2D eigenvalue weighted by Crippen LogP contribution is 2.21. The summed E-state index contributed by atoms with van der Waals surface area (Å²) in [7, 11) is 0. The van der Waals surface area contributed by atoms with Gasteiger partial charge in [-0.05, 0) is 30.3 Å². The zero-order valence-corrected chi connectivity index (χ0v) is 9.45. The van der Waals surface area contributed by atoms with Crippen molar-refractivity contribution < 1.29 is 4.42 Å². The van der Waals surface area contributed by atoms with Gasteiger partial charge in [0, 0.05) is 17.3 Å². The van der Waals surface area contributed by atoms with Crippen LogP contribution < -0.4 is 11.1 Å². The van der Waals surface area contributed by atoms with Crippen molar-refractivity contribution in [3.05, 3.63) is 53.4 Å². The number of nitrogens with one attached hydrogen (secondary N) is 1. The Balaban J connectivity index is 2.13. The molecule has 84 valence electrons. The number of halogens is 1. The van der Waals surface area contributed by atoms with Crippen molar-refractivity contribution in [1.82, 2.24) is 0 Å². The predicted octanol–water partition coefficient (Wildman–Crippen LogP) is 3.04. The average Bonchev–Trinajstić information content (AvgIpc) is 2.79. The van der Waals surface area contributed by atoms with Gasteiger partial charge in [-0.1, -0.05) is 17.7 Å². The van der Waals surface area contributed by atoms with Crippen LogP contribution in [0.2, 0.25) is 5.02 Å². The molecule has 0 fully saturated rings. The van der Waals surface area contributed by atoms with Crippen LogP contribution in [0.25, 0.3) is 0 Å². The Morgan fingerprint density at radius 1 is 1.31 bits per heavy atom. The minimum Gasteiger partial charge on any atom is -0.467 e. The predicted molar refractivity (Wildman–Crippen MR) is 65.6 cm³/mol. The zero-order chi connectivity index (χ0) is 11.4. The Morgan fingerprint density at radius 2 is 2.19 bits per heavy atom. The summed E-state index contributed by atoms with van der Waals surface area (Å²) < 4.78 is 5.31. The maximum absolute atomic E-state index is 5.90. The topological polar surface area (TPSA) is 51.2 Å². The summed E-state index contributed by atoms with van der Waals surface area (Å²) in [5.41, 5.74) is 6.62. The van der Waals surface area contributed by atoms with E-state index in [1.54, 1.807) is 6.26 Å². The second-order valence-electron chi connectivity index (χ2n) is 3.46. The molecule has 1 atom stereocenters. The molecule has 0 aliphatic carbocycles. The maximum atomic E-state index is 5.90. The number of anilines is 1. The van der Waals surface area contributed by atoms with Crippen LogP contribution in [0, 0.1) is 0 Å². The second kappa shape index (κ2) is 5.05. The molecule has 0 bridgehead atoms. The molecule has 16 heavy (non-hydrogen) atoms. The van der Waals surface area contributed by atoms with Gasteiger partial charge in [-0.3, -0.25) is 0 Å². The third-order valence-corrected chi connectivity index (χ3v) is 2.52. The Morgan fingerprint density at radius 3 is 2.81 bits per heavy atom. The Labute approximate surface area is 99.2 Å². The van der Waals surface area contributed by atoms with Gasteiger partial charge < -0.3 is 15.5 Å². The highest BCUT2D eigenvalue weighted by atomic mass is 35.5. The molecule has 2 aromatic rings. The van der Waals surface area contributed by atoms with Gasteiger partial charge in [0.25, 0.3) is 0 Å². The summed E-state index contributed by atoms with van der Waals surface area (Å²) in [5, 5.41) is 3.96. The quantitative estimate of drug-likeness (QED) is 0.858. The number of rotatable bonds is 4. The summed E-state index contributed by atoms with van der Waals surface area (Å²) in [6, 6.07) is 11.2. The Hall–Kier alpha value is -1.45. The number of benzene rings is 1. The first kappa shape index (κ1) is 11.0. The zero-order valence-electron chi connectivity index (χ0n) is 8.69. The van der Waals surface area contributed by atoms with Gasteiger partial charge in [0.05, 0.1) is 12.3 Å². The summed E-state index contributed by atoms with van der Waals surface area (Å²) >= 11 is 5.90. The lowest BCUT2D eigenvalue weighted by Crippen LogP contribution is -2.19. The molecule has 2 rings (SSSR count). The second-order valence-corrected chi connectivity index (χ2v) is 3.89. The number of hydrogen-bond donors (Lipinski definition) is 2. The summed E-state index contributed by atoms with van der Waals surface area (Å²) in [6.45, 7) is 0.458. The van der Waals surface area contributed by atoms with Crippen molar-refractivity contribution in [1.29, 1.82) is 0 Å². The van der Waals surface area contributed by atoms with E-state index < -0.39 is 0 Å². The molecule has 0 saturated heterocycles. The van der Waals surface area contributed by atoms with Gasteiger partial charge in [0.1, 0.15) is 5.76 Å². The molecule has 3 nitrogen and oxygen atoms in total. The van der Waals surface area contributed by atoms with E-state index in [-0.39, 0.29) is 6.04 Å². The number of nitrogens with two attached hydrogens (primary N) is 1. The molecule has 1 unspecified atom stereocenters. The molecule has 4 heteroatoms. The highest BCUT2D eigenvalue weighted by molar-refractivity contribution is 6.30. The van der Waals surface area contributed by atoms with Crippen LogP contribution in [0.4, 0.5) is 5.69 Å². The van der Waals surface area contributed by atoms with E-state index in [2.05, 4.69) is 5.32 Å². The van der Waals surface area contributed by atoms with E-state index >= 15 is 0 Å². The van der Waals surface area contributed by atoms with E-state index in [4.69, 9.17) is 21.8 Å². The summed E-state index contributed by atoms with van der Waals surface area (Å²) in [4.78, 5) is 0. The minimum atomic E-state index is -0.0338. The smallest absolute Gasteiger partial charge is 0.127 e. The monoisotopic (exact) mass is 236 g/mol. The average molecular weight is 237 g/mol. The highest BCUT2D eigenvalue weighted by Gasteiger charge is 2.11. The van der Waals surface area contributed by atoms with Gasteiger partial charge in [-0.25, -0.2) is 0 Å². The van der Waals surface area contributed by atoms with Crippen LogP contribution in [0.15, 0.2) is 47.1 Å². The van der Waals surface area contributed by atoms with E-state index in [0.29, 0.717) is 11.6 Å². The van der Waals surface area contributed by atoms with Gasteiger partial charge in [-0.2, -0.15) is 0 Å². The number of furan rings is 1. The Bertz CT molecular complexity index is 442. The first-order chi connectivity index (χ1) is 7.79.